The van der Waals surface area contributed by atoms with Crippen molar-refractivity contribution in [2.75, 3.05) is 19.8 Å². The van der Waals surface area contributed by atoms with Gasteiger partial charge in [-0.25, -0.2) is 17.9 Å². The van der Waals surface area contributed by atoms with E-state index in [0.717, 1.165) is 11.1 Å². The second-order valence-electron chi connectivity index (χ2n) is 6.20. The quantitative estimate of drug-likeness (QED) is 0.586. The molecule has 29 heavy (non-hydrogen) atoms. The van der Waals surface area contributed by atoms with Crippen LogP contribution in [0.3, 0.4) is 0 Å². The Morgan fingerprint density at radius 2 is 1.90 bits per heavy atom. The molecule has 2 aromatic carbocycles. The first-order valence-electron chi connectivity index (χ1n) is 8.40. The number of hydrogen-bond donors (Lipinski definition) is 2. The molecule has 0 fully saturated rings. The van der Waals surface area contributed by atoms with Crippen molar-refractivity contribution in [1.82, 2.24) is 4.72 Å². The SMILES string of the molecule is O=C(O)COc1ccc2c(c1)CCOC2CNS(=O)(=O)c1cc(Cl)c(Cl)cc1Cl. The molecule has 1 atom stereocenters. The van der Waals surface area contributed by atoms with Gasteiger partial charge in [0.2, 0.25) is 10.0 Å². The molecule has 7 nitrogen and oxygen atoms in total. The van der Waals surface area contributed by atoms with Gasteiger partial charge < -0.3 is 14.6 Å². The molecule has 1 heterocycles. The van der Waals surface area contributed by atoms with E-state index in [9.17, 15) is 13.2 Å². The number of carbonyl (C=O) groups is 1. The van der Waals surface area contributed by atoms with Gasteiger partial charge in [0.1, 0.15) is 10.6 Å². The summed E-state index contributed by atoms with van der Waals surface area (Å²) >= 11 is 17.8. The standard InChI is InChI=1S/C18H16Cl3NO6S/c19-13-6-15(21)17(7-14(13)20)29(25,26)22-8-16-12-2-1-11(28-9-18(23)24)5-10(12)3-4-27-16/h1-2,5-7,16,22H,3-4,8-9H2,(H,23,24). The van der Waals surface area contributed by atoms with Crippen molar-refractivity contribution in [3.63, 3.8) is 0 Å². The summed E-state index contributed by atoms with van der Waals surface area (Å²) in [6.07, 6.45) is 0.0742. The lowest BCUT2D eigenvalue weighted by atomic mass is 9.97. The van der Waals surface area contributed by atoms with Gasteiger partial charge in [0.15, 0.2) is 6.61 Å². The Kier molecular flexibility index (Phi) is 6.93. The summed E-state index contributed by atoms with van der Waals surface area (Å²) < 4.78 is 38.7. The zero-order chi connectivity index (χ0) is 21.2. The van der Waals surface area contributed by atoms with Gasteiger partial charge in [-0.15, -0.1) is 0 Å². The minimum absolute atomic E-state index is 0.0266. The Labute approximate surface area is 182 Å². The van der Waals surface area contributed by atoms with Crippen LogP contribution < -0.4 is 9.46 Å². The second kappa shape index (κ2) is 9.07. The Balaban J connectivity index is 1.75. The minimum Gasteiger partial charge on any atom is -0.482 e. The topological polar surface area (TPSA) is 102 Å². The van der Waals surface area contributed by atoms with Crippen LogP contribution in [-0.2, 0) is 26.0 Å². The molecule has 2 aromatic rings. The Hall–Kier alpha value is -1.55. The molecular weight excluding hydrogens is 465 g/mol. The van der Waals surface area contributed by atoms with Crippen molar-refractivity contribution >= 4 is 50.8 Å². The van der Waals surface area contributed by atoms with Gasteiger partial charge in [-0.3, -0.25) is 0 Å². The third-order valence-corrected chi connectivity index (χ3v) is 6.85. The lowest BCUT2D eigenvalue weighted by molar-refractivity contribution is -0.139. The van der Waals surface area contributed by atoms with E-state index in [1.807, 2.05) is 0 Å². The van der Waals surface area contributed by atoms with Crippen LogP contribution in [-0.4, -0.2) is 39.3 Å². The van der Waals surface area contributed by atoms with Crippen LogP contribution >= 0.6 is 34.8 Å². The number of carboxylic acids is 1. The van der Waals surface area contributed by atoms with Crippen molar-refractivity contribution < 1.29 is 27.8 Å². The number of carboxylic acid groups (broad SMARTS) is 1. The Morgan fingerprint density at radius 1 is 1.17 bits per heavy atom. The first-order chi connectivity index (χ1) is 13.7. The second-order valence-corrected chi connectivity index (χ2v) is 9.16. The summed E-state index contributed by atoms with van der Waals surface area (Å²) in [6.45, 7) is -0.0839. The van der Waals surface area contributed by atoms with E-state index in [1.54, 1.807) is 18.2 Å². The van der Waals surface area contributed by atoms with Crippen LogP contribution in [0.25, 0.3) is 0 Å². The number of halogens is 3. The summed E-state index contributed by atoms with van der Waals surface area (Å²) in [5.41, 5.74) is 1.69. The van der Waals surface area contributed by atoms with E-state index in [1.165, 1.54) is 12.1 Å². The van der Waals surface area contributed by atoms with E-state index in [4.69, 9.17) is 49.4 Å². The van der Waals surface area contributed by atoms with Gasteiger partial charge in [0, 0.05) is 6.54 Å². The molecule has 0 saturated heterocycles. The maximum Gasteiger partial charge on any atom is 0.341 e. The van der Waals surface area contributed by atoms with Crippen molar-refractivity contribution in [3.8, 4) is 5.75 Å². The minimum atomic E-state index is -3.95. The van der Waals surface area contributed by atoms with E-state index in [2.05, 4.69) is 4.72 Å². The van der Waals surface area contributed by atoms with Crippen molar-refractivity contribution in [3.05, 3.63) is 56.5 Å². The fourth-order valence-corrected chi connectivity index (χ4v) is 4.92. The lowest BCUT2D eigenvalue weighted by Gasteiger charge is -2.26. The van der Waals surface area contributed by atoms with E-state index in [0.29, 0.717) is 18.8 Å². The molecule has 0 aliphatic carbocycles. The van der Waals surface area contributed by atoms with Crippen LogP contribution in [0.1, 0.15) is 17.2 Å². The van der Waals surface area contributed by atoms with E-state index < -0.39 is 28.7 Å². The zero-order valence-electron chi connectivity index (χ0n) is 14.8. The predicted octanol–water partition coefficient (Wildman–Crippen LogP) is 3.70. The van der Waals surface area contributed by atoms with Crippen LogP contribution in [0.4, 0.5) is 0 Å². The number of sulfonamides is 1. The van der Waals surface area contributed by atoms with Crippen LogP contribution in [0.15, 0.2) is 35.2 Å². The lowest BCUT2D eigenvalue weighted by Crippen LogP contribution is -2.32. The summed E-state index contributed by atoms with van der Waals surface area (Å²) in [5.74, 6) is -0.644. The van der Waals surface area contributed by atoms with Crippen molar-refractivity contribution in [1.29, 1.82) is 0 Å². The molecule has 0 bridgehead atoms. The fourth-order valence-electron chi connectivity index (χ4n) is 2.89. The van der Waals surface area contributed by atoms with Gasteiger partial charge in [-0.1, -0.05) is 40.9 Å². The number of nitrogens with one attached hydrogen (secondary N) is 1. The molecule has 0 radical (unpaired) electrons. The normalized spacial score (nSPS) is 16.3. The molecule has 156 valence electrons. The van der Waals surface area contributed by atoms with E-state index in [-0.39, 0.29) is 26.5 Å². The van der Waals surface area contributed by atoms with Gasteiger partial charge in [-0.05, 0) is 41.8 Å². The summed E-state index contributed by atoms with van der Waals surface area (Å²) in [6, 6.07) is 7.55. The molecule has 2 N–H and O–H groups in total. The molecule has 1 aliphatic rings. The Morgan fingerprint density at radius 3 is 2.62 bits per heavy atom. The molecule has 0 saturated carbocycles. The third kappa shape index (κ3) is 5.33. The van der Waals surface area contributed by atoms with Crippen molar-refractivity contribution in [2.24, 2.45) is 0 Å². The zero-order valence-corrected chi connectivity index (χ0v) is 17.9. The summed E-state index contributed by atoms with van der Waals surface area (Å²) in [4.78, 5) is 10.5. The molecule has 0 amide bonds. The van der Waals surface area contributed by atoms with Crippen LogP contribution in [0.5, 0.6) is 5.75 Å². The predicted molar refractivity (Wildman–Crippen MR) is 109 cm³/mol. The average Bonchev–Trinajstić information content (AvgIpc) is 2.67. The summed E-state index contributed by atoms with van der Waals surface area (Å²) in [5, 5.41) is 8.90. The number of ether oxygens (including phenoxy) is 2. The number of benzene rings is 2. The number of fused-ring (bicyclic) bond motifs is 1. The molecule has 0 spiro atoms. The van der Waals surface area contributed by atoms with Gasteiger partial charge in [-0.2, -0.15) is 0 Å². The average molecular weight is 481 g/mol. The number of hydrogen-bond acceptors (Lipinski definition) is 5. The Bertz CT molecular complexity index is 1040. The highest BCUT2D eigenvalue weighted by molar-refractivity contribution is 7.89. The monoisotopic (exact) mass is 479 g/mol. The maximum absolute atomic E-state index is 12.6. The number of rotatable bonds is 7. The fraction of sp³-hybridized carbons (Fsp3) is 0.278. The van der Waals surface area contributed by atoms with Gasteiger partial charge in [0.05, 0.1) is 27.8 Å². The smallest absolute Gasteiger partial charge is 0.341 e. The highest BCUT2D eigenvalue weighted by Crippen LogP contribution is 2.33. The van der Waals surface area contributed by atoms with Crippen LogP contribution in [0, 0.1) is 0 Å². The van der Waals surface area contributed by atoms with E-state index >= 15 is 0 Å². The van der Waals surface area contributed by atoms with Gasteiger partial charge in [0.25, 0.3) is 0 Å². The summed E-state index contributed by atoms with van der Waals surface area (Å²) in [7, 11) is -3.95. The first kappa shape index (κ1) is 22.1. The number of aliphatic carboxylic acids is 1. The first-order valence-corrected chi connectivity index (χ1v) is 11.0. The molecular formula is C18H16Cl3NO6S. The third-order valence-electron chi connectivity index (χ3n) is 4.24. The molecule has 1 aliphatic heterocycles. The van der Waals surface area contributed by atoms with Crippen LogP contribution in [0.2, 0.25) is 15.1 Å². The maximum atomic E-state index is 12.6. The van der Waals surface area contributed by atoms with Crippen molar-refractivity contribution in [2.45, 2.75) is 17.4 Å². The largest absolute Gasteiger partial charge is 0.482 e. The molecule has 1 unspecified atom stereocenters. The highest BCUT2D eigenvalue weighted by atomic mass is 35.5. The molecule has 0 aromatic heterocycles. The van der Waals surface area contributed by atoms with Gasteiger partial charge >= 0.3 is 5.97 Å². The molecule has 11 heteroatoms. The molecule has 3 rings (SSSR count). The highest BCUT2D eigenvalue weighted by Gasteiger charge is 2.26.